The second-order valence-electron chi connectivity index (χ2n) is 3.97. The molecule has 1 aromatic rings. The Balaban J connectivity index is 2.12. The first-order chi connectivity index (χ1) is 9.24. The molecule has 0 aliphatic carbocycles. The van der Waals surface area contributed by atoms with Gasteiger partial charge in [-0.25, -0.2) is 4.98 Å². The molecule has 0 radical (unpaired) electrons. The van der Waals surface area contributed by atoms with E-state index in [2.05, 4.69) is 16.0 Å². The summed E-state index contributed by atoms with van der Waals surface area (Å²) in [5.74, 6) is -0.349. The minimum absolute atomic E-state index is 0.0531. The van der Waals surface area contributed by atoms with Crippen LogP contribution in [0.2, 0.25) is 0 Å². The summed E-state index contributed by atoms with van der Waals surface area (Å²) in [5, 5.41) is 9.88. The summed E-state index contributed by atoms with van der Waals surface area (Å²) in [5.41, 5.74) is 0.507. The number of esters is 1. The summed E-state index contributed by atoms with van der Waals surface area (Å²) in [6.45, 7) is 4.93. The summed E-state index contributed by atoms with van der Waals surface area (Å²) in [6.07, 6.45) is 0.0531. The van der Waals surface area contributed by atoms with E-state index in [1.165, 1.54) is 11.3 Å². The van der Waals surface area contributed by atoms with Crippen molar-refractivity contribution in [2.24, 2.45) is 0 Å². The van der Waals surface area contributed by atoms with E-state index < -0.39 is 0 Å². The highest BCUT2D eigenvalue weighted by Crippen LogP contribution is 2.26. The van der Waals surface area contributed by atoms with Crippen LogP contribution in [0.15, 0.2) is 0 Å². The van der Waals surface area contributed by atoms with Crippen molar-refractivity contribution in [2.45, 2.75) is 13.3 Å². The normalized spacial score (nSPS) is 15.1. The van der Waals surface area contributed by atoms with Crippen LogP contribution in [0.4, 0.5) is 5.13 Å². The van der Waals surface area contributed by atoms with Crippen molar-refractivity contribution in [3.8, 4) is 6.07 Å². The number of hydrogen-bond donors (Lipinski definition) is 0. The van der Waals surface area contributed by atoms with E-state index in [4.69, 9.17) is 14.7 Å². The molecule has 1 aromatic heterocycles. The molecule has 1 saturated heterocycles. The molecule has 0 bridgehead atoms. The molecule has 102 valence electrons. The molecule has 7 heteroatoms. The van der Waals surface area contributed by atoms with Gasteiger partial charge in [0.2, 0.25) is 0 Å². The van der Waals surface area contributed by atoms with Crippen LogP contribution in [0.5, 0.6) is 0 Å². The van der Waals surface area contributed by atoms with Crippen molar-refractivity contribution in [3.05, 3.63) is 10.6 Å². The molecule has 1 fully saturated rings. The molecule has 6 nitrogen and oxygen atoms in total. The number of rotatable bonds is 4. The number of hydrogen-bond acceptors (Lipinski definition) is 7. The predicted molar refractivity (Wildman–Crippen MR) is 70.2 cm³/mol. The van der Waals surface area contributed by atoms with Gasteiger partial charge < -0.3 is 14.4 Å². The van der Waals surface area contributed by atoms with Crippen molar-refractivity contribution < 1.29 is 14.3 Å². The molecule has 0 saturated carbocycles. The molecule has 1 aliphatic rings. The van der Waals surface area contributed by atoms with Crippen LogP contribution in [-0.2, 0) is 20.7 Å². The smallest absolute Gasteiger partial charge is 0.311 e. The minimum Gasteiger partial charge on any atom is -0.466 e. The SMILES string of the molecule is CCOC(=O)Cc1nc(N2CCOCC2)sc1C#N. The Morgan fingerprint density at radius 2 is 2.32 bits per heavy atom. The van der Waals surface area contributed by atoms with Gasteiger partial charge >= 0.3 is 5.97 Å². The van der Waals surface area contributed by atoms with E-state index in [-0.39, 0.29) is 12.4 Å². The van der Waals surface area contributed by atoms with E-state index in [0.717, 1.165) is 18.2 Å². The molecule has 0 atom stereocenters. The molecule has 2 heterocycles. The van der Waals surface area contributed by atoms with Crippen LogP contribution in [0.25, 0.3) is 0 Å². The third-order valence-electron chi connectivity index (χ3n) is 2.69. The van der Waals surface area contributed by atoms with E-state index in [0.29, 0.717) is 30.4 Å². The Bertz CT molecular complexity index is 489. The van der Waals surface area contributed by atoms with Gasteiger partial charge in [0.25, 0.3) is 0 Å². The second-order valence-corrected chi connectivity index (χ2v) is 4.94. The zero-order valence-corrected chi connectivity index (χ0v) is 11.5. The average Bonchev–Trinajstić information content (AvgIpc) is 2.83. The number of carbonyl (C=O) groups excluding carboxylic acids is 1. The maximum Gasteiger partial charge on any atom is 0.311 e. The quantitative estimate of drug-likeness (QED) is 0.765. The Morgan fingerprint density at radius 1 is 1.58 bits per heavy atom. The van der Waals surface area contributed by atoms with Crippen molar-refractivity contribution in [2.75, 3.05) is 37.8 Å². The fourth-order valence-corrected chi connectivity index (χ4v) is 2.72. The van der Waals surface area contributed by atoms with Crippen molar-refractivity contribution in [1.82, 2.24) is 4.98 Å². The van der Waals surface area contributed by atoms with Gasteiger partial charge in [0, 0.05) is 13.1 Å². The number of anilines is 1. The molecular weight excluding hydrogens is 266 g/mol. The first kappa shape index (κ1) is 13.8. The van der Waals surface area contributed by atoms with Gasteiger partial charge in [-0.2, -0.15) is 5.26 Å². The van der Waals surface area contributed by atoms with Gasteiger partial charge in [-0.15, -0.1) is 0 Å². The fraction of sp³-hybridized carbons (Fsp3) is 0.583. The van der Waals surface area contributed by atoms with Gasteiger partial charge in [0.1, 0.15) is 10.9 Å². The maximum absolute atomic E-state index is 11.5. The lowest BCUT2D eigenvalue weighted by molar-refractivity contribution is -0.142. The molecule has 19 heavy (non-hydrogen) atoms. The maximum atomic E-state index is 11.5. The van der Waals surface area contributed by atoms with Crippen LogP contribution in [0.3, 0.4) is 0 Å². The lowest BCUT2D eigenvalue weighted by Crippen LogP contribution is -2.36. The highest BCUT2D eigenvalue weighted by Gasteiger charge is 2.20. The third kappa shape index (κ3) is 3.43. The summed E-state index contributed by atoms with van der Waals surface area (Å²) >= 11 is 1.32. The van der Waals surface area contributed by atoms with Crippen LogP contribution in [0.1, 0.15) is 17.5 Å². The number of carbonyl (C=O) groups is 1. The summed E-state index contributed by atoms with van der Waals surface area (Å²) in [4.78, 5) is 18.4. The highest BCUT2D eigenvalue weighted by atomic mass is 32.1. The van der Waals surface area contributed by atoms with Gasteiger partial charge in [0.15, 0.2) is 5.13 Å². The largest absolute Gasteiger partial charge is 0.466 e. The van der Waals surface area contributed by atoms with Crippen molar-refractivity contribution >= 4 is 22.4 Å². The molecule has 0 spiro atoms. The predicted octanol–water partition coefficient (Wildman–Crippen LogP) is 0.957. The number of thiazole rings is 1. The molecule has 0 N–H and O–H groups in total. The lowest BCUT2D eigenvalue weighted by atomic mass is 10.3. The first-order valence-corrected chi connectivity index (χ1v) is 6.94. The topological polar surface area (TPSA) is 75.4 Å². The third-order valence-corrected chi connectivity index (χ3v) is 3.75. The number of morpholine rings is 1. The zero-order chi connectivity index (χ0) is 13.7. The minimum atomic E-state index is -0.349. The first-order valence-electron chi connectivity index (χ1n) is 6.12. The average molecular weight is 281 g/mol. The van der Waals surface area contributed by atoms with Crippen LogP contribution in [-0.4, -0.2) is 43.9 Å². The molecule has 0 unspecified atom stereocenters. The second kappa shape index (κ2) is 6.50. The van der Waals surface area contributed by atoms with E-state index in [1.807, 2.05) is 0 Å². The number of ether oxygens (including phenoxy) is 2. The number of nitrogens with zero attached hydrogens (tertiary/aromatic N) is 3. The molecule has 1 aliphatic heterocycles. The summed E-state index contributed by atoms with van der Waals surface area (Å²) in [6, 6.07) is 2.09. The lowest BCUT2D eigenvalue weighted by Gasteiger charge is -2.25. The zero-order valence-electron chi connectivity index (χ0n) is 10.7. The Labute approximate surface area is 115 Å². The monoisotopic (exact) mass is 281 g/mol. The van der Waals surface area contributed by atoms with Crippen molar-refractivity contribution in [1.29, 1.82) is 5.26 Å². The Morgan fingerprint density at radius 3 is 2.95 bits per heavy atom. The fourth-order valence-electron chi connectivity index (χ4n) is 1.79. The van der Waals surface area contributed by atoms with Crippen LogP contribution in [0, 0.1) is 11.3 Å². The number of nitriles is 1. The summed E-state index contributed by atoms with van der Waals surface area (Å²) < 4.78 is 10.2. The summed E-state index contributed by atoms with van der Waals surface area (Å²) in [7, 11) is 0. The van der Waals surface area contributed by atoms with E-state index >= 15 is 0 Å². The van der Waals surface area contributed by atoms with Gasteiger partial charge in [-0.05, 0) is 6.92 Å². The van der Waals surface area contributed by atoms with Crippen molar-refractivity contribution in [3.63, 3.8) is 0 Å². The standard InChI is InChI=1S/C12H15N3O3S/c1-2-18-11(16)7-9-10(8-13)19-12(14-9)15-3-5-17-6-4-15/h2-7H2,1H3. The molecular formula is C12H15N3O3S. The molecule has 0 amide bonds. The Kier molecular flexibility index (Phi) is 4.71. The Hall–Kier alpha value is -1.65. The van der Waals surface area contributed by atoms with Crippen LogP contribution >= 0.6 is 11.3 Å². The van der Waals surface area contributed by atoms with Gasteiger partial charge in [0.05, 0.1) is 31.9 Å². The van der Waals surface area contributed by atoms with Gasteiger partial charge in [-0.3, -0.25) is 4.79 Å². The van der Waals surface area contributed by atoms with E-state index in [9.17, 15) is 4.79 Å². The van der Waals surface area contributed by atoms with Gasteiger partial charge in [-0.1, -0.05) is 11.3 Å². The van der Waals surface area contributed by atoms with Crippen LogP contribution < -0.4 is 4.90 Å². The highest BCUT2D eigenvalue weighted by molar-refractivity contribution is 7.16. The van der Waals surface area contributed by atoms with E-state index in [1.54, 1.807) is 6.92 Å². The molecule has 2 rings (SSSR count). The molecule has 0 aromatic carbocycles. The number of aromatic nitrogens is 1.